The molecule has 0 amide bonds. The van der Waals surface area contributed by atoms with Crippen LogP contribution in [0.2, 0.25) is 0 Å². The number of aliphatic hydroxyl groups excluding tert-OH is 1. The van der Waals surface area contributed by atoms with Gasteiger partial charge in [-0.3, -0.25) is 0 Å². The maximum atomic E-state index is 11.0. The van der Waals surface area contributed by atoms with Crippen LogP contribution in [0.5, 0.6) is 0 Å². The van der Waals surface area contributed by atoms with Crippen molar-refractivity contribution in [3.05, 3.63) is 47.5 Å². The van der Waals surface area contributed by atoms with Gasteiger partial charge in [0.05, 0.1) is 12.0 Å². The number of carbonyl (C=O) groups excluding carboxylic acids is 1. The molecule has 1 aromatic rings. The van der Waals surface area contributed by atoms with Crippen LogP contribution in [0.15, 0.2) is 36.4 Å². The van der Waals surface area contributed by atoms with Crippen LogP contribution in [0.1, 0.15) is 11.1 Å². The maximum absolute atomic E-state index is 11.0. The van der Waals surface area contributed by atoms with Gasteiger partial charge < -0.3 is 9.90 Å². The van der Waals surface area contributed by atoms with E-state index in [-0.39, 0.29) is 6.61 Å². The first-order valence-corrected chi connectivity index (χ1v) is 4.84. The first-order chi connectivity index (χ1) is 7.29. The smallest absolute Gasteiger partial charge is 0.136 e. The number of rotatable bonds is 2. The van der Waals surface area contributed by atoms with Gasteiger partial charge in [0.2, 0.25) is 0 Å². The third-order valence-electron chi connectivity index (χ3n) is 2.64. The fourth-order valence-electron chi connectivity index (χ4n) is 1.58. The van der Waals surface area contributed by atoms with Gasteiger partial charge in [0.1, 0.15) is 6.29 Å². The predicted molar refractivity (Wildman–Crippen MR) is 60.1 cm³/mol. The highest BCUT2D eigenvalue weighted by Gasteiger charge is 2.23. The maximum Gasteiger partial charge on any atom is 0.136 e. The molecule has 2 heteroatoms. The monoisotopic (exact) mass is 200 g/mol. The summed E-state index contributed by atoms with van der Waals surface area (Å²) in [5.74, 6) is 0. The minimum absolute atomic E-state index is 0.197. The molecule has 76 valence electrons. The van der Waals surface area contributed by atoms with Crippen molar-refractivity contribution in [2.24, 2.45) is 5.41 Å². The van der Waals surface area contributed by atoms with E-state index in [0.717, 1.165) is 17.4 Å². The zero-order valence-electron chi connectivity index (χ0n) is 8.26. The van der Waals surface area contributed by atoms with Gasteiger partial charge in [-0.2, -0.15) is 0 Å². The van der Waals surface area contributed by atoms with Crippen molar-refractivity contribution in [2.45, 2.75) is 0 Å². The molecule has 0 heterocycles. The average molecular weight is 200 g/mol. The number of fused-ring (bicyclic) bond motifs is 1. The van der Waals surface area contributed by atoms with Gasteiger partial charge in [-0.1, -0.05) is 48.6 Å². The fourth-order valence-corrected chi connectivity index (χ4v) is 1.58. The number of aliphatic hydroxyl groups is 1. The van der Waals surface area contributed by atoms with Crippen molar-refractivity contribution in [1.29, 1.82) is 0 Å². The second-order valence-corrected chi connectivity index (χ2v) is 3.68. The second-order valence-electron chi connectivity index (χ2n) is 3.68. The molecule has 2 nitrogen and oxygen atoms in total. The van der Waals surface area contributed by atoms with Crippen LogP contribution in [0.25, 0.3) is 12.2 Å². The topological polar surface area (TPSA) is 37.3 Å². The summed E-state index contributed by atoms with van der Waals surface area (Å²) >= 11 is 0. The van der Waals surface area contributed by atoms with E-state index in [1.165, 1.54) is 0 Å². The average Bonchev–Trinajstić information content (AvgIpc) is 2.49. The van der Waals surface area contributed by atoms with Crippen molar-refractivity contribution >= 4 is 18.4 Å². The molecular formula is C13H12O2. The highest BCUT2D eigenvalue weighted by molar-refractivity contribution is 5.77. The van der Waals surface area contributed by atoms with Crippen LogP contribution in [0.4, 0.5) is 0 Å². The first-order valence-electron chi connectivity index (χ1n) is 4.84. The minimum Gasteiger partial charge on any atom is -0.395 e. The molecule has 0 saturated heterocycles. The summed E-state index contributed by atoms with van der Waals surface area (Å²) < 4.78 is 0. The van der Waals surface area contributed by atoms with Gasteiger partial charge in [0, 0.05) is 0 Å². The summed E-state index contributed by atoms with van der Waals surface area (Å²) in [6, 6.07) is 7.86. The molecule has 0 aromatic heterocycles. The lowest BCUT2D eigenvalue weighted by molar-refractivity contribution is -0.113. The third kappa shape index (κ3) is 1.76. The van der Waals surface area contributed by atoms with Crippen LogP contribution < -0.4 is 0 Å². The Morgan fingerprint density at radius 3 is 2.07 bits per heavy atom. The van der Waals surface area contributed by atoms with E-state index >= 15 is 0 Å². The van der Waals surface area contributed by atoms with Crippen molar-refractivity contribution in [3.8, 4) is 0 Å². The Kier molecular flexibility index (Phi) is 2.52. The Bertz CT molecular complexity index is 397. The number of carbonyl (C=O) groups is 1. The number of aldehydes is 1. The van der Waals surface area contributed by atoms with Crippen molar-refractivity contribution < 1.29 is 9.90 Å². The summed E-state index contributed by atoms with van der Waals surface area (Å²) in [4.78, 5) is 11.0. The quantitative estimate of drug-likeness (QED) is 0.740. The normalized spacial score (nSPS) is 16.9. The fraction of sp³-hybridized carbons (Fsp3) is 0.154. The minimum atomic E-state index is -0.862. The molecule has 0 bridgehead atoms. The third-order valence-corrected chi connectivity index (χ3v) is 2.64. The highest BCUT2D eigenvalue weighted by atomic mass is 16.3. The number of hydrogen-bond acceptors (Lipinski definition) is 2. The van der Waals surface area contributed by atoms with E-state index in [0.29, 0.717) is 0 Å². The summed E-state index contributed by atoms with van der Waals surface area (Å²) in [6.07, 6.45) is 8.00. The van der Waals surface area contributed by atoms with Crippen LogP contribution in [-0.2, 0) is 4.79 Å². The van der Waals surface area contributed by atoms with Crippen molar-refractivity contribution in [1.82, 2.24) is 0 Å². The molecule has 0 radical (unpaired) electrons. The number of benzene rings is 1. The lowest BCUT2D eigenvalue weighted by Gasteiger charge is -2.14. The molecule has 0 unspecified atom stereocenters. The Balaban J connectivity index is 2.49. The summed E-state index contributed by atoms with van der Waals surface area (Å²) in [7, 11) is 0. The van der Waals surface area contributed by atoms with Crippen LogP contribution >= 0.6 is 0 Å². The van der Waals surface area contributed by atoms with Gasteiger partial charge >= 0.3 is 0 Å². The zero-order chi connectivity index (χ0) is 10.7. The molecule has 1 aliphatic rings. The lowest BCUT2D eigenvalue weighted by atomic mass is 9.90. The van der Waals surface area contributed by atoms with Crippen LogP contribution in [0.3, 0.4) is 0 Å². The Morgan fingerprint density at radius 2 is 1.67 bits per heavy atom. The molecule has 1 aromatic carbocycles. The van der Waals surface area contributed by atoms with Gasteiger partial charge in [0.15, 0.2) is 0 Å². The van der Waals surface area contributed by atoms with Crippen LogP contribution in [-0.4, -0.2) is 18.0 Å². The van der Waals surface area contributed by atoms with Crippen molar-refractivity contribution in [3.63, 3.8) is 0 Å². The van der Waals surface area contributed by atoms with Gasteiger partial charge in [0.25, 0.3) is 0 Å². The molecule has 2 rings (SSSR count). The zero-order valence-corrected chi connectivity index (χ0v) is 8.26. The molecule has 0 aliphatic heterocycles. The number of hydrogen-bond donors (Lipinski definition) is 1. The summed E-state index contributed by atoms with van der Waals surface area (Å²) in [5, 5.41) is 9.21. The van der Waals surface area contributed by atoms with E-state index in [1.807, 2.05) is 36.4 Å². The van der Waals surface area contributed by atoms with Crippen molar-refractivity contribution in [2.75, 3.05) is 6.61 Å². The van der Waals surface area contributed by atoms with E-state index < -0.39 is 5.41 Å². The molecule has 0 atom stereocenters. The second kappa shape index (κ2) is 3.83. The van der Waals surface area contributed by atoms with Gasteiger partial charge in [-0.05, 0) is 11.1 Å². The molecule has 1 aliphatic carbocycles. The van der Waals surface area contributed by atoms with E-state index in [1.54, 1.807) is 12.2 Å². The SMILES string of the molecule is O=CC1(CO)C=Cc2ccccc2C=C1. The Labute approximate surface area is 88.6 Å². The highest BCUT2D eigenvalue weighted by Crippen LogP contribution is 2.26. The molecule has 0 spiro atoms. The van der Waals surface area contributed by atoms with Gasteiger partial charge in [-0.25, -0.2) is 0 Å². The van der Waals surface area contributed by atoms with Crippen LogP contribution in [0, 0.1) is 5.41 Å². The van der Waals surface area contributed by atoms with E-state index in [2.05, 4.69) is 0 Å². The predicted octanol–water partition coefficient (Wildman–Crippen LogP) is 1.90. The molecule has 1 N–H and O–H groups in total. The largest absolute Gasteiger partial charge is 0.395 e. The lowest BCUT2D eigenvalue weighted by Crippen LogP contribution is -2.21. The molecule has 0 saturated carbocycles. The molecular weight excluding hydrogens is 188 g/mol. The summed E-state index contributed by atoms with van der Waals surface area (Å²) in [5.41, 5.74) is 1.26. The van der Waals surface area contributed by atoms with Gasteiger partial charge in [-0.15, -0.1) is 0 Å². The Hall–Kier alpha value is -1.67. The standard InChI is InChI=1S/C13H12O2/c14-9-13(10-15)7-5-11-3-1-2-4-12(11)6-8-13/h1-9,15H,10H2. The first kappa shape index (κ1) is 9.87. The Morgan fingerprint density at radius 1 is 1.13 bits per heavy atom. The van der Waals surface area contributed by atoms with E-state index in [9.17, 15) is 9.90 Å². The molecule has 15 heavy (non-hydrogen) atoms. The molecule has 0 fully saturated rings. The van der Waals surface area contributed by atoms with E-state index in [4.69, 9.17) is 0 Å². The summed E-state index contributed by atoms with van der Waals surface area (Å²) in [6.45, 7) is -0.197.